The zero-order chi connectivity index (χ0) is 11.7. The minimum Gasteiger partial charge on any atom is -0.481 e. The molecule has 0 fully saturated rings. The van der Waals surface area contributed by atoms with E-state index < -0.39 is 5.97 Å². The third kappa shape index (κ3) is 1.88. The van der Waals surface area contributed by atoms with Crippen LogP contribution in [-0.4, -0.2) is 20.9 Å². The molecule has 4 nitrogen and oxygen atoms in total. The first-order chi connectivity index (χ1) is 7.61. The van der Waals surface area contributed by atoms with Crippen molar-refractivity contribution in [2.45, 2.75) is 19.9 Å². The van der Waals surface area contributed by atoms with Crippen LogP contribution in [0.2, 0.25) is 5.02 Å². The van der Waals surface area contributed by atoms with Gasteiger partial charge in [-0.25, -0.2) is 0 Å². The van der Waals surface area contributed by atoms with E-state index >= 15 is 0 Å². The number of halogens is 1. The molecule has 0 aliphatic carbocycles. The van der Waals surface area contributed by atoms with Crippen LogP contribution in [0.15, 0.2) is 18.2 Å². The maximum absolute atomic E-state index is 10.7. The highest BCUT2D eigenvalue weighted by atomic mass is 35.5. The number of fused-ring (bicyclic) bond motifs is 1. The van der Waals surface area contributed by atoms with Gasteiger partial charge in [0.15, 0.2) is 0 Å². The van der Waals surface area contributed by atoms with Crippen molar-refractivity contribution in [3.63, 3.8) is 0 Å². The minimum absolute atomic E-state index is 0.0795. The molecule has 1 N–H and O–H groups in total. The van der Waals surface area contributed by atoms with Crippen molar-refractivity contribution in [3.8, 4) is 0 Å². The van der Waals surface area contributed by atoms with Crippen LogP contribution in [0.25, 0.3) is 10.9 Å². The van der Waals surface area contributed by atoms with Crippen LogP contribution < -0.4 is 0 Å². The van der Waals surface area contributed by atoms with E-state index in [9.17, 15) is 4.79 Å². The Morgan fingerprint density at radius 1 is 1.56 bits per heavy atom. The summed E-state index contributed by atoms with van der Waals surface area (Å²) in [7, 11) is 0. The monoisotopic (exact) mass is 238 g/mol. The molecule has 1 aromatic heterocycles. The molecule has 84 valence electrons. The second kappa shape index (κ2) is 4.14. The van der Waals surface area contributed by atoms with Gasteiger partial charge >= 0.3 is 5.97 Å². The predicted molar refractivity (Wildman–Crippen MR) is 61.8 cm³/mol. The van der Waals surface area contributed by atoms with Crippen LogP contribution in [0.5, 0.6) is 0 Å². The molecule has 1 aromatic carbocycles. The Morgan fingerprint density at radius 3 is 2.94 bits per heavy atom. The molecule has 0 amide bonds. The molecule has 0 bridgehead atoms. The van der Waals surface area contributed by atoms with Gasteiger partial charge in [-0.1, -0.05) is 11.6 Å². The molecule has 0 spiro atoms. The van der Waals surface area contributed by atoms with E-state index in [0.29, 0.717) is 17.3 Å². The summed E-state index contributed by atoms with van der Waals surface area (Å²) in [6.45, 7) is 2.67. The smallest absolute Gasteiger partial charge is 0.309 e. The topological polar surface area (TPSA) is 55.1 Å². The number of benzene rings is 1. The summed E-state index contributed by atoms with van der Waals surface area (Å²) in [4.78, 5) is 10.7. The van der Waals surface area contributed by atoms with Crippen LogP contribution in [0.1, 0.15) is 12.6 Å². The largest absolute Gasteiger partial charge is 0.481 e. The van der Waals surface area contributed by atoms with Crippen molar-refractivity contribution >= 4 is 28.5 Å². The van der Waals surface area contributed by atoms with Crippen molar-refractivity contribution in [3.05, 3.63) is 28.9 Å². The molecule has 0 saturated carbocycles. The Kier molecular flexibility index (Phi) is 2.83. The van der Waals surface area contributed by atoms with E-state index in [1.165, 1.54) is 0 Å². The standard InChI is InChI=1S/C11H11ClN2O2/c1-2-14-10-4-3-7(12)5-8(10)9(13-14)6-11(15)16/h3-5H,2,6H2,1H3,(H,15,16). The molecule has 1 heterocycles. The summed E-state index contributed by atoms with van der Waals surface area (Å²) < 4.78 is 1.78. The molecule has 16 heavy (non-hydrogen) atoms. The summed E-state index contributed by atoms with van der Waals surface area (Å²) >= 11 is 5.90. The van der Waals surface area contributed by atoms with Gasteiger partial charge in [0.25, 0.3) is 0 Å². The van der Waals surface area contributed by atoms with Gasteiger partial charge in [0.2, 0.25) is 0 Å². The van der Waals surface area contributed by atoms with Crippen molar-refractivity contribution in [2.24, 2.45) is 0 Å². The number of aromatic nitrogens is 2. The summed E-state index contributed by atoms with van der Waals surface area (Å²) in [6.07, 6.45) is -0.0795. The highest BCUT2D eigenvalue weighted by Crippen LogP contribution is 2.23. The SMILES string of the molecule is CCn1nc(CC(=O)O)c2cc(Cl)ccc21. The van der Waals surface area contributed by atoms with Crippen molar-refractivity contribution in [1.82, 2.24) is 9.78 Å². The van der Waals surface area contributed by atoms with Crippen LogP contribution in [-0.2, 0) is 17.8 Å². The number of carbonyl (C=O) groups is 1. The van der Waals surface area contributed by atoms with Crippen LogP contribution in [0.3, 0.4) is 0 Å². The fourth-order valence-electron chi connectivity index (χ4n) is 1.73. The fourth-order valence-corrected chi connectivity index (χ4v) is 1.90. The van der Waals surface area contributed by atoms with Gasteiger partial charge in [-0.2, -0.15) is 5.10 Å². The lowest BCUT2D eigenvalue weighted by molar-refractivity contribution is -0.136. The minimum atomic E-state index is -0.886. The Labute approximate surface area is 97.4 Å². The van der Waals surface area contributed by atoms with Crippen molar-refractivity contribution < 1.29 is 9.90 Å². The van der Waals surface area contributed by atoms with Gasteiger partial charge in [0, 0.05) is 17.0 Å². The predicted octanol–water partition coefficient (Wildman–Crippen LogP) is 2.34. The van der Waals surface area contributed by atoms with Gasteiger partial charge < -0.3 is 5.11 Å². The molecule has 0 aliphatic heterocycles. The van der Waals surface area contributed by atoms with E-state index in [4.69, 9.17) is 16.7 Å². The van der Waals surface area contributed by atoms with Crippen molar-refractivity contribution in [1.29, 1.82) is 0 Å². The Balaban J connectivity index is 2.63. The third-order valence-corrected chi connectivity index (χ3v) is 2.64. The molecule has 2 aromatic rings. The molecule has 0 atom stereocenters. The average Bonchev–Trinajstić information content (AvgIpc) is 2.55. The van der Waals surface area contributed by atoms with Crippen LogP contribution >= 0.6 is 11.6 Å². The highest BCUT2D eigenvalue weighted by Gasteiger charge is 2.12. The molecule has 5 heteroatoms. The fraction of sp³-hybridized carbons (Fsp3) is 0.273. The molecule has 0 aliphatic rings. The molecule has 2 rings (SSSR count). The van der Waals surface area contributed by atoms with E-state index in [-0.39, 0.29) is 6.42 Å². The average molecular weight is 239 g/mol. The molecule has 0 saturated heterocycles. The molecular formula is C11H11ClN2O2. The second-order valence-electron chi connectivity index (χ2n) is 3.49. The van der Waals surface area contributed by atoms with Gasteiger partial charge in [-0.3, -0.25) is 9.48 Å². The number of nitrogens with zero attached hydrogens (tertiary/aromatic N) is 2. The first-order valence-corrected chi connectivity index (χ1v) is 5.36. The highest BCUT2D eigenvalue weighted by molar-refractivity contribution is 6.31. The molecule has 0 radical (unpaired) electrons. The first kappa shape index (κ1) is 11.0. The van der Waals surface area contributed by atoms with Crippen LogP contribution in [0.4, 0.5) is 0 Å². The summed E-state index contributed by atoms with van der Waals surface area (Å²) in [6, 6.07) is 5.40. The Morgan fingerprint density at radius 2 is 2.31 bits per heavy atom. The summed E-state index contributed by atoms with van der Waals surface area (Å²) in [5.74, 6) is -0.886. The zero-order valence-electron chi connectivity index (χ0n) is 8.77. The quantitative estimate of drug-likeness (QED) is 0.893. The Hall–Kier alpha value is -1.55. The lowest BCUT2D eigenvalue weighted by atomic mass is 10.2. The number of rotatable bonds is 3. The maximum atomic E-state index is 10.7. The van der Waals surface area contributed by atoms with Crippen LogP contribution in [0, 0.1) is 0 Å². The number of hydrogen-bond donors (Lipinski definition) is 1. The van der Waals surface area contributed by atoms with Crippen molar-refractivity contribution in [2.75, 3.05) is 0 Å². The van der Waals surface area contributed by atoms with Gasteiger partial charge in [-0.05, 0) is 25.1 Å². The van der Waals surface area contributed by atoms with Gasteiger partial charge in [0.05, 0.1) is 17.6 Å². The summed E-state index contributed by atoms with van der Waals surface area (Å²) in [5.41, 5.74) is 1.48. The number of carboxylic acids is 1. The number of carboxylic acid groups (broad SMARTS) is 1. The maximum Gasteiger partial charge on any atom is 0.309 e. The Bertz CT molecular complexity index is 548. The van der Waals surface area contributed by atoms with Gasteiger partial charge in [0.1, 0.15) is 0 Å². The van der Waals surface area contributed by atoms with E-state index in [2.05, 4.69) is 5.10 Å². The van der Waals surface area contributed by atoms with E-state index in [1.54, 1.807) is 16.8 Å². The first-order valence-electron chi connectivity index (χ1n) is 4.98. The number of aliphatic carboxylic acids is 1. The van der Waals surface area contributed by atoms with E-state index in [1.807, 2.05) is 13.0 Å². The lowest BCUT2D eigenvalue weighted by Gasteiger charge is -1.97. The zero-order valence-corrected chi connectivity index (χ0v) is 9.53. The molecule has 0 unspecified atom stereocenters. The second-order valence-corrected chi connectivity index (χ2v) is 3.93. The van der Waals surface area contributed by atoms with Gasteiger partial charge in [-0.15, -0.1) is 0 Å². The number of aryl methyl sites for hydroxylation is 1. The lowest BCUT2D eigenvalue weighted by Crippen LogP contribution is -2.02. The normalized spacial score (nSPS) is 10.9. The molecular weight excluding hydrogens is 228 g/mol. The van der Waals surface area contributed by atoms with E-state index in [0.717, 1.165) is 10.9 Å². The third-order valence-electron chi connectivity index (χ3n) is 2.41. The number of hydrogen-bond acceptors (Lipinski definition) is 2. The summed E-state index contributed by atoms with van der Waals surface area (Å²) in [5, 5.41) is 14.5.